The number of halogens is 1. The van der Waals surface area contributed by atoms with E-state index in [2.05, 4.69) is 29.4 Å². The number of carbonyl (C=O) groups excluding carboxylic acids is 1. The van der Waals surface area contributed by atoms with Crippen molar-refractivity contribution in [1.29, 1.82) is 0 Å². The van der Waals surface area contributed by atoms with Crippen molar-refractivity contribution in [2.45, 2.75) is 32.7 Å². The second-order valence-electron chi connectivity index (χ2n) is 8.71. The highest BCUT2D eigenvalue weighted by atomic mass is 35.5. The third-order valence-electron chi connectivity index (χ3n) is 6.94. The number of hydrogen-bond donors (Lipinski definition) is 2. The van der Waals surface area contributed by atoms with Gasteiger partial charge in [-0.25, -0.2) is 4.99 Å². The molecule has 2 aromatic rings. The molecule has 1 unspecified atom stereocenters. The van der Waals surface area contributed by atoms with Crippen molar-refractivity contribution in [2.24, 2.45) is 10.4 Å². The number of amides is 1. The van der Waals surface area contributed by atoms with Crippen molar-refractivity contribution < 1.29 is 14.3 Å². The van der Waals surface area contributed by atoms with Crippen LogP contribution in [0.15, 0.2) is 47.5 Å². The topological polar surface area (TPSA) is 75.2 Å². The number of fused-ring (bicyclic) bond motifs is 2. The van der Waals surface area contributed by atoms with Crippen LogP contribution in [0.3, 0.4) is 0 Å². The lowest BCUT2D eigenvalue weighted by Crippen LogP contribution is -2.63. The van der Waals surface area contributed by atoms with E-state index in [4.69, 9.17) is 26.1 Å². The minimum absolute atomic E-state index is 0.0309. The van der Waals surface area contributed by atoms with Gasteiger partial charge in [-0.3, -0.25) is 4.79 Å². The molecule has 1 atom stereocenters. The van der Waals surface area contributed by atoms with Gasteiger partial charge in [0.15, 0.2) is 5.75 Å². The van der Waals surface area contributed by atoms with E-state index in [0.29, 0.717) is 36.2 Å². The van der Waals surface area contributed by atoms with E-state index in [9.17, 15) is 4.79 Å². The Balaban J connectivity index is 1.68. The van der Waals surface area contributed by atoms with Crippen molar-refractivity contribution in [1.82, 2.24) is 15.5 Å². The summed E-state index contributed by atoms with van der Waals surface area (Å²) < 4.78 is 11.3. The van der Waals surface area contributed by atoms with Gasteiger partial charge in [0, 0.05) is 44.4 Å². The Hall–Kier alpha value is -2.61. The van der Waals surface area contributed by atoms with Crippen LogP contribution in [-0.2, 0) is 9.53 Å². The predicted octanol–water partition coefficient (Wildman–Crippen LogP) is 4.37. The Kier molecular flexibility index (Phi) is 7.76. The van der Waals surface area contributed by atoms with Gasteiger partial charge in [0.1, 0.15) is 17.3 Å². The van der Waals surface area contributed by atoms with Crippen molar-refractivity contribution in [3.63, 3.8) is 0 Å². The number of benzene rings is 2. The number of methoxy groups -OCH3 is 1. The zero-order valence-corrected chi connectivity index (χ0v) is 20.8. The minimum atomic E-state index is -0.533. The third-order valence-corrected chi connectivity index (χ3v) is 7.18. The van der Waals surface area contributed by atoms with Crippen molar-refractivity contribution in [2.75, 3.05) is 39.9 Å². The second-order valence-corrected chi connectivity index (χ2v) is 9.15. The van der Waals surface area contributed by atoms with Gasteiger partial charge in [-0.15, -0.1) is 0 Å². The predicted molar refractivity (Wildman–Crippen MR) is 135 cm³/mol. The molecular formula is C26H33ClN4O3. The van der Waals surface area contributed by atoms with E-state index < -0.39 is 5.41 Å². The first-order valence-electron chi connectivity index (χ1n) is 11.9. The molecule has 182 valence electrons. The summed E-state index contributed by atoms with van der Waals surface area (Å²) in [7, 11) is 1.64. The molecule has 0 aromatic heterocycles. The molecule has 2 heterocycles. The van der Waals surface area contributed by atoms with Gasteiger partial charge in [-0.2, -0.15) is 0 Å². The summed E-state index contributed by atoms with van der Waals surface area (Å²) in [4.78, 5) is 20.6. The van der Waals surface area contributed by atoms with Gasteiger partial charge in [0.2, 0.25) is 5.91 Å². The van der Waals surface area contributed by atoms with Crippen LogP contribution in [0, 0.1) is 5.41 Å². The van der Waals surface area contributed by atoms with Crippen LogP contribution in [-0.4, -0.2) is 62.6 Å². The first-order chi connectivity index (χ1) is 16.5. The van der Waals surface area contributed by atoms with Gasteiger partial charge in [0.05, 0.1) is 17.6 Å². The molecule has 7 nitrogen and oxygen atoms in total. The number of ether oxygens (including phenoxy) is 2. The lowest BCUT2D eigenvalue weighted by molar-refractivity contribution is -0.134. The van der Waals surface area contributed by atoms with E-state index in [1.54, 1.807) is 7.11 Å². The average Bonchev–Trinajstić information content (AvgIpc) is 3.02. The van der Waals surface area contributed by atoms with E-state index in [1.165, 1.54) is 0 Å². The van der Waals surface area contributed by atoms with Crippen molar-refractivity contribution in [3.8, 4) is 11.5 Å². The summed E-state index contributed by atoms with van der Waals surface area (Å²) in [5.41, 5.74) is 1.09. The summed E-state index contributed by atoms with van der Waals surface area (Å²) in [6.07, 6.45) is 1.47. The van der Waals surface area contributed by atoms with Crippen LogP contribution >= 0.6 is 11.6 Å². The highest BCUT2D eigenvalue weighted by molar-refractivity contribution is 6.31. The molecule has 0 bridgehead atoms. The summed E-state index contributed by atoms with van der Waals surface area (Å²) in [5.74, 6) is 2.33. The lowest BCUT2D eigenvalue weighted by Gasteiger charge is -2.45. The SMILES string of the molecule is CCC(CC)(C(=O)NCCOC)C1CN(C2=Nc3cc(Cl)ccc3Oc3ccccc32)CCN1. The Labute approximate surface area is 206 Å². The van der Waals surface area contributed by atoms with Crippen LogP contribution in [0.1, 0.15) is 32.3 Å². The first-order valence-corrected chi connectivity index (χ1v) is 12.3. The molecule has 4 rings (SSSR count). The van der Waals surface area contributed by atoms with E-state index in [-0.39, 0.29) is 11.9 Å². The highest BCUT2D eigenvalue weighted by Crippen LogP contribution is 2.40. The van der Waals surface area contributed by atoms with Crippen molar-refractivity contribution >= 4 is 29.0 Å². The molecule has 8 heteroatoms. The maximum absolute atomic E-state index is 13.3. The maximum atomic E-state index is 13.3. The number of para-hydroxylation sites is 1. The number of nitrogens with one attached hydrogen (secondary N) is 2. The molecule has 2 aliphatic rings. The zero-order valence-electron chi connectivity index (χ0n) is 20.1. The number of carbonyl (C=O) groups is 1. The Morgan fingerprint density at radius 2 is 2.06 bits per heavy atom. The molecule has 2 N–H and O–H groups in total. The summed E-state index contributed by atoms with van der Waals surface area (Å²) >= 11 is 6.28. The van der Waals surface area contributed by atoms with Gasteiger partial charge < -0.3 is 25.0 Å². The number of aliphatic imine (C=N–C) groups is 1. The first kappa shape index (κ1) is 24.5. The molecule has 0 radical (unpaired) electrons. The summed E-state index contributed by atoms with van der Waals surface area (Å²) in [6.45, 7) is 7.35. The third kappa shape index (κ3) is 4.78. The van der Waals surface area contributed by atoms with Crippen LogP contribution in [0.4, 0.5) is 5.69 Å². The van der Waals surface area contributed by atoms with E-state index in [0.717, 1.165) is 43.1 Å². The van der Waals surface area contributed by atoms with Crippen LogP contribution in [0.5, 0.6) is 11.5 Å². The standard InChI is InChI=1S/C26H33ClN4O3/c1-4-26(5-2,25(32)29-13-15-33-3)23-17-31(14-12-28-23)24-19-8-6-7-9-21(19)34-22-11-10-18(27)16-20(22)30-24/h6-11,16,23,28H,4-5,12-15,17H2,1-3H3,(H,29,32). The molecule has 1 saturated heterocycles. The Morgan fingerprint density at radius 3 is 2.82 bits per heavy atom. The molecule has 0 saturated carbocycles. The Bertz CT molecular complexity index is 1050. The second kappa shape index (κ2) is 10.8. The number of amidine groups is 1. The number of nitrogens with zero attached hydrogens (tertiary/aromatic N) is 2. The molecule has 34 heavy (non-hydrogen) atoms. The van der Waals surface area contributed by atoms with E-state index >= 15 is 0 Å². The van der Waals surface area contributed by atoms with Crippen LogP contribution in [0.2, 0.25) is 5.02 Å². The fraction of sp³-hybridized carbons (Fsp3) is 0.462. The molecule has 0 aliphatic carbocycles. The lowest BCUT2D eigenvalue weighted by atomic mass is 9.73. The fourth-order valence-corrected chi connectivity index (χ4v) is 5.08. The quantitative estimate of drug-likeness (QED) is 0.571. The van der Waals surface area contributed by atoms with Gasteiger partial charge in [0.25, 0.3) is 0 Å². The number of piperazine rings is 1. The molecule has 2 aliphatic heterocycles. The monoisotopic (exact) mass is 484 g/mol. The van der Waals surface area contributed by atoms with E-state index in [1.807, 2.05) is 42.5 Å². The number of rotatable bonds is 7. The van der Waals surface area contributed by atoms with Crippen LogP contribution < -0.4 is 15.4 Å². The number of hydrogen-bond acceptors (Lipinski definition) is 6. The Morgan fingerprint density at radius 1 is 1.26 bits per heavy atom. The van der Waals surface area contributed by atoms with Crippen molar-refractivity contribution in [3.05, 3.63) is 53.1 Å². The summed E-state index contributed by atoms with van der Waals surface area (Å²) in [5, 5.41) is 7.31. The van der Waals surface area contributed by atoms with Gasteiger partial charge in [-0.05, 0) is 43.2 Å². The average molecular weight is 485 g/mol. The normalized spacial score (nSPS) is 17.7. The fourth-order valence-electron chi connectivity index (χ4n) is 4.92. The molecule has 2 aromatic carbocycles. The highest BCUT2D eigenvalue weighted by Gasteiger charge is 2.45. The summed E-state index contributed by atoms with van der Waals surface area (Å²) in [6, 6.07) is 13.4. The largest absolute Gasteiger partial charge is 0.454 e. The zero-order chi connectivity index (χ0) is 24.1. The smallest absolute Gasteiger partial charge is 0.227 e. The van der Waals surface area contributed by atoms with Gasteiger partial charge >= 0.3 is 0 Å². The molecule has 1 fully saturated rings. The molecule has 0 spiro atoms. The molecular weight excluding hydrogens is 452 g/mol. The molecule has 1 amide bonds. The maximum Gasteiger partial charge on any atom is 0.227 e. The van der Waals surface area contributed by atoms with Gasteiger partial charge in [-0.1, -0.05) is 37.6 Å². The van der Waals surface area contributed by atoms with Crippen LogP contribution in [0.25, 0.3) is 0 Å². The minimum Gasteiger partial charge on any atom is -0.454 e.